The van der Waals surface area contributed by atoms with E-state index in [-0.39, 0.29) is 29.5 Å². The normalized spacial score (nSPS) is 16.8. The average Bonchev–Trinajstić information content (AvgIpc) is 3.21. The first-order chi connectivity index (χ1) is 12.4. The Hall–Kier alpha value is -2.70. The van der Waals surface area contributed by atoms with Crippen molar-refractivity contribution in [2.45, 2.75) is 17.9 Å². The molecule has 0 saturated carbocycles. The van der Waals surface area contributed by atoms with Crippen LogP contribution in [0.2, 0.25) is 0 Å². The monoisotopic (exact) mass is 373 g/mol. The number of carbonyl (C=O) groups is 1. The maximum Gasteiger partial charge on any atom is 0.247 e. The summed E-state index contributed by atoms with van der Waals surface area (Å²) in [6, 6.07) is 9.38. The van der Waals surface area contributed by atoms with E-state index in [4.69, 9.17) is 5.26 Å². The van der Waals surface area contributed by atoms with Crippen molar-refractivity contribution in [2.75, 3.05) is 26.2 Å². The molecule has 3 rings (SSSR count). The van der Waals surface area contributed by atoms with Crippen molar-refractivity contribution in [3.63, 3.8) is 0 Å². The molecule has 136 valence electrons. The molecule has 1 atom stereocenters. The summed E-state index contributed by atoms with van der Waals surface area (Å²) in [5.74, 6) is -0.0943. The summed E-state index contributed by atoms with van der Waals surface area (Å²) in [4.78, 5) is 14.2. The van der Waals surface area contributed by atoms with Crippen molar-refractivity contribution in [1.29, 1.82) is 5.26 Å². The van der Waals surface area contributed by atoms with Gasteiger partial charge in [-0.2, -0.15) is 14.7 Å². The third-order valence-corrected chi connectivity index (χ3v) is 6.41. The zero-order chi connectivity index (χ0) is 18.7. The van der Waals surface area contributed by atoms with Crippen LogP contribution in [0.3, 0.4) is 0 Å². The lowest BCUT2D eigenvalue weighted by Crippen LogP contribution is -2.51. The first-order valence-corrected chi connectivity index (χ1v) is 9.66. The van der Waals surface area contributed by atoms with Crippen LogP contribution < -0.4 is 0 Å². The molecule has 1 unspecified atom stereocenters. The quantitative estimate of drug-likeness (QED) is 0.791. The van der Waals surface area contributed by atoms with Crippen LogP contribution in [-0.2, 0) is 14.8 Å². The number of nitrogens with zero attached hydrogens (tertiary/aromatic N) is 5. The molecule has 1 saturated heterocycles. The zero-order valence-electron chi connectivity index (χ0n) is 14.3. The minimum absolute atomic E-state index is 0.00665. The van der Waals surface area contributed by atoms with Crippen LogP contribution in [0, 0.1) is 11.3 Å². The molecule has 0 bridgehead atoms. The highest BCUT2D eigenvalue weighted by Crippen LogP contribution is 2.21. The van der Waals surface area contributed by atoms with Gasteiger partial charge in [0.25, 0.3) is 0 Å². The lowest BCUT2D eigenvalue weighted by molar-refractivity contribution is -0.135. The van der Waals surface area contributed by atoms with Gasteiger partial charge in [0.2, 0.25) is 15.9 Å². The van der Waals surface area contributed by atoms with Crippen molar-refractivity contribution >= 4 is 15.9 Å². The van der Waals surface area contributed by atoms with E-state index in [1.807, 2.05) is 6.07 Å². The van der Waals surface area contributed by atoms with Gasteiger partial charge < -0.3 is 4.90 Å². The number of sulfonamides is 1. The predicted molar refractivity (Wildman–Crippen MR) is 93.4 cm³/mol. The van der Waals surface area contributed by atoms with Crippen LogP contribution in [0.1, 0.15) is 18.5 Å². The van der Waals surface area contributed by atoms with Crippen LogP contribution in [0.25, 0.3) is 0 Å². The summed E-state index contributed by atoms with van der Waals surface area (Å²) in [5.41, 5.74) is 0.123. The Morgan fingerprint density at radius 1 is 1.19 bits per heavy atom. The Kier molecular flexibility index (Phi) is 5.06. The molecular formula is C17H19N5O3S. The van der Waals surface area contributed by atoms with E-state index < -0.39 is 16.1 Å². The van der Waals surface area contributed by atoms with Crippen LogP contribution in [0.4, 0.5) is 0 Å². The van der Waals surface area contributed by atoms with Gasteiger partial charge in [-0.15, -0.1) is 0 Å². The summed E-state index contributed by atoms with van der Waals surface area (Å²) in [7, 11) is -3.76. The lowest BCUT2D eigenvalue weighted by atomic mass is 10.2. The number of piperazine rings is 1. The Morgan fingerprint density at radius 2 is 1.88 bits per heavy atom. The number of aromatic nitrogens is 2. The highest BCUT2D eigenvalue weighted by atomic mass is 32.2. The Balaban J connectivity index is 1.70. The van der Waals surface area contributed by atoms with E-state index in [2.05, 4.69) is 5.10 Å². The second-order valence-corrected chi connectivity index (χ2v) is 7.91. The molecule has 1 fully saturated rings. The van der Waals surface area contributed by atoms with E-state index in [0.29, 0.717) is 13.1 Å². The summed E-state index contributed by atoms with van der Waals surface area (Å²) < 4.78 is 28.5. The first-order valence-electron chi connectivity index (χ1n) is 8.22. The number of rotatable bonds is 4. The highest BCUT2D eigenvalue weighted by Gasteiger charge is 2.33. The van der Waals surface area contributed by atoms with Gasteiger partial charge in [0.05, 0.1) is 10.5 Å². The average molecular weight is 373 g/mol. The van der Waals surface area contributed by atoms with Crippen molar-refractivity contribution in [1.82, 2.24) is 19.0 Å². The van der Waals surface area contributed by atoms with Crippen LogP contribution in [-0.4, -0.2) is 59.5 Å². The molecule has 1 aromatic carbocycles. The minimum Gasteiger partial charge on any atom is -0.338 e. The number of nitriles is 1. The molecule has 0 aliphatic carbocycles. The molecule has 1 aliphatic heterocycles. The fourth-order valence-corrected chi connectivity index (χ4v) is 4.52. The Morgan fingerprint density at radius 3 is 2.50 bits per heavy atom. The number of carbonyl (C=O) groups excluding carboxylic acids is 1. The van der Waals surface area contributed by atoms with Crippen molar-refractivity contribution in [3.05, 3.63) is 48.3 Å². The summed E-state index contributed by atoms with van der Waals surface area (Å²) >= 11 is 0. The third-order valence-electron chi connectivity index (χ3n) is 4.45. The molecule has 2 heterocycles. The molecule has 0 N–H and O–H groups in total. The first kappa shape index (κ1) is 18.1. The van der Waals surface area contributed by atoms with Gasteiger partial charge in [-0.1, -0.05) is 12.1 Å². The van der Waals surface area contributed by atoms with E-state index in [1.54, 1.807) is 47.1 Å². The molecule has 8 nitrogen and oxygen atoms in total. The predicted octanol–water partition coefficient (Wildman–Crippen LogP) is 0.849. The second kappa shape index (κ2) is 7.27. The fraction of sp³-hybridized carbons (Fsp3) is 0.353. The van der Waals surface area contributed by atoms with E-state index in [0.717, 1.165) is 0 Å². The zero-order valence-corrected chi connectivity index (χ0v) is 15.1. The largest absolute Gasteiger partial charge is 0.338 e. The van der Waals surface area contributed by atoms with Gasteiger partial charge in [0.15, 0.2) is 0 Å². The molecule has 0 radical (unpaired) electrons. The number of amides is 1. The number of hydrogen-bond acceptors (Lipinski definition) is 5. The Labute approximate surface area is 152 Å². The topological polar surface area (TPSA) is 99.3 Å². The minimum atomic E-state index is -3.76. The third kappa shape index (κ3) is 3.34. The number of benzene rings is 1. The van der Waals surface area contributed by atoms with E-state index in [9.17, 15) is 13.2 Å². The van der Waals surface area contributed by atoms with Gasteiger partial charge in [0.1, 0.15) is 12.1 Å². The van der Waals surface area contributed by atoms with E-state index >= 15 is 0 Å². The molecule has 1 aromatic heterocycles. The maximum atomic E-state index is 12.8. The summed E-state index contributed by atoms with van der Waals surface area (Å²) in [6.07, 6.45) is 3.34. The van der Waals surface area contributed by atoms with Crippen LogP contribution >= 0.6 is 0 Å². The Bertz CT molecular complexity index is 926. The van der Waals surface area contributed by atoms with Gasteiger partial charge in [-0.25, -0.2) is 8.42 Å². The maximum absolute atomic E-state index is 12.8. The van der Waals surface area contributed by atoms with Gasteiger partial charge in [-0.05, 0) is 25.1 Å². The highest BCUT2D eigenvalue weighted by molar-refractivity contribution is 7.89. The smallest absolute Gasteiger partial charge is 0.247 e. The molecule has 1 aliphatic rings. The molecule has 0 spiro atoms. The fourth-order valence-electron chi connectivity index (χ4n) is 2.96. The van der Waals surface area contributed by atoms with Crippen molar-refractivity contribution in [3.8, 4) is 6.07 Å². The summed E-state index contributed by atoms with van der Waals surface area (Å²) in [5, 5.41) is 13.2. The second-order valence-electron chi connectivity index (χ2n) is 6.00. The van der Waals surface area contributed by atoms with Crippen LogP contribution in [0.15, 0.2) is 47.6 Å². The van der Waals surface area contributed by atoms with Crippen molar-refractivity contribution < 1.29 is 13.2 Å². The number of hydrogen-bond donors (Lipinski definition) is 0. The van der Waals surface area contributed by atoms with E-state index in [1.165, 1.54) is 16.4 Å². The van der Waals surface area contributed by atoms with Gasteiger partial charge >= 0.3 is 0 Å². The summed E-state index contributed by atoms with van der Waals surface area (Å²) in [6.45, 7) is 2.76. The van der Waals surface area contributed by atoms with Crippen molar-refractivity contribution in [2.24, 2.45) is 0 Å². The van der Waals surface area contributed by atoms with Crippen LogP contribution in [0.5, 0.6) is 0 Å². The SMILES string of the molecule is CC(C(=O)N1CCN(S(=O)(=O)c2ccccc2C#N)CC1)n1cccn1. The standard InChI is InChI=1S/C17H19N5O3S/c1-14(22-8-4-7-19-22)17(23)20-9-11-21(12-10-20)26(24,25)16-6-3-2-5-15(16)13-18/h2-8,14H,9-12H2,1H3. The molecular weight excluding hydrogens is 354 g/mol. The molecule has 26 heavy (non-hydrogen) atoms. The van der Waals surface area contributed by atoms with Gasteiger partial charge in [0, 0.05) is 38.6 Å². The molecule has 9 heteroatoms. The molecule has 1 amide bonds. The molecule has 2 aromatic rings. The van der Waals surface area contributed by atoms with Gasteiger partial charge in [-0.3, -0.25) is 9.48 Å². The lowest BCUT2D eigenvalue weighted by Gasteiger charge is -2.35.